The number of hydrogen-bond donors (Lipinski definition) is 0. The van der Waals surface area contributed by atoms with Crippen LogP contribution in [0, 0.1) is 6.92 Å². The molecular formula is C39H38N4O4S2. The van der Waals surface area contributed by atoms with Gasteiger partial charge in [0.1, 0.15) is 18.1 Å². The molecule has 8 nitrogen and oxygen atoms in total. The fourth-order valence-corrected chi connectivity index (χ4v) is 7.20. The van der Waals surface area contributed by atoms with E-state index in [9.17, 15) is 9.59 Å². The number of allylic oxidation sites excluding steroid dienone is 1. The molecule has 0 saturated carbocycles. The molecule has 1 unspecified atom stereocenters. The SMILES string of the molecule is C=CCOC(=O)C1=C(C)N=c2sc(=Cc3cn(-c4ccccc4)nc3-c3ccc(OCCCC)c(C)c3)c(=O)n2C1c1ccc(SC)cc1. The van der Waals surface area contributed by atoms with Crippen LogP contribution in [0.4, 0.5) is 0 Å². The molecule has 1 aliphatic heterocycles. The number of esters is 1. The molecule has 0 spiro atoms. The van der Waals surface area contributed by atoms with E-state index in [-0.39, 0.29) is 12.2 Å². The van der Waals surface area contributed by atoms with Crippen molar-refractivity contribution < 1.29 is 14.3 Å². The Morgan fingerprint density at radius 2 is 1.86 bits per heavy atom. The Balaban J connectivity index is 1.50. The number of benzene rings is 3. The third-order valence-corrected chi connectivity index (χ3v) is 9.99. The maximum absolute atomic E-state index is 14.4. The first-order chi connectivity index (χ1) is 23.8. The van der Waals surface area contributed by atoms with Crippen LogP contribution in [0.15, 0.2) is 118 Å². The first-order valence-electron chi connectivity index (χ1n) is 16.2. The predicted molar refractivity (Wildman–Crippen MR) is 197 cm³/mol. The lowest BCUT2D eigenvalue weighted by molar-refractivity contribution is -0.138. The number of rotatable bonds is 12. The van der Waals surface area contributed by atoms with Gasteiger partial charge < -0.3 is 9.47 Å². The number of aromatic nitrogens is 3. The molecule has 0 amide bonds. The second kappa shape index (κ2) is 15.1. The standard InChI is InChI=1S/C39H38N4O4S2/c1-6-8-21-46-32-19-16-28(22-25(32)3)35-29(24-42(41-35)30-12-10-9-11-13-30)23-33-37(44)43-36(27-14-17-31(48-5)18-15-27)34(38(45)47-20-7-2)26(4)40-39(43)49-33/h7,9-19,22-24,36H,2,6,8,20-21H2,1,3-5H3. The summed E-state index contributed by atoms with van der Waals surface area (Å²) in [5.74, 6) is 0.316. The Morgan fingerprint density at radius 1 is 1.08 bits per heavy atom. The van der Waals surface area contributed by atoms with Crippen molar-refractivity contribution in [2.24, 2.45) is 4.99 Å². The van der Waals surface area contributed by atoms with Crippen molar-refractivity contribution in [1.29, 1.82) is 0 Å². The summed E-state index contributed by atoms with van der Waals surface area (Å²) in [4.78, 5) is 34.2. The molecule has 1 aliphatic rings. The van der Waals surface area contributed by atoms with Crippen LogP contribution in [0.25, 0.3) is 23.0 Å². The fraction of sp³-hybridized carbons (Fsp3) is 0.231. The smallest absolute Gasteiger partial charge is 0.338 e. The Labute approximate surface area is 293 Å². The summed E-state index contributed by atoms with van der Waals surface area (Å²) < 4.78 is 15.4. The van der Waals surface area contributed by atoms with Gasteiger partial charge in [-0.25, -0.2) is 14.5 Å². The highest BCUT2D eigenvalue weighted by atomic mass is 32.2. The van der Waals surface area contributed by atoms with Crippen LogP contribution in [0.1, 0.15) is 49.4 Å². The number of fused-ring (bicyclic) bond motifs is 1. The molecule has 0 aliphatic carbocycles. The van der Waals surface area contributed by atoms with Gasteiger partial charge in [-0.2, -0.15) is 5.10 Å². The summed E-state index contributed by atoms with van der Waals surface area (Å²) in [6.45, 7) is 10.3. The maximum Gasteiger partial charge on any atom is 0.338 e. The predicted octanol–water partition coefficient (Wildman–Crippen LogP) is 7.03. The summed E-state index contributed by atoms with van der Waals surface area (Å²) in [7, 11) is 0. The van der Waals surface area contributed by atoms with Gasteiger partial charge in [0.25, 0.3) is 5.56 Å². The van der Waals surface area contributed by atoms with E-state index < -0.39 is 12.0 Å². The second-order valence-electron chi connectivity index (χ2n) is 11.6. The number of thioether (sulfide) groups is 1. The Bertz CT molecular complexity index is 2210. The number of hydrogen-bond acceptors (Lipinski definition) is 8. The molecule has 2 aromatic heterocycles. The zero-order valence-corrected chi connectivity index (χ0v) is 29.6. The molecule has 3 aromatic carbocycles. The highest BCUT2D eigenvalue weighted by molar-refractivity contribution is 7.98. The summed E-state index contributed by atoms with van der Waals surface area (Å²) >= 11 is 2.91. The molecule has 0 saturated heterocycles. The van der Waals surface area contributed by atoms with Crippen LogP contribution in [0.2, 0.25) is 0 Å². The molecule has 0 fully saturated rings. The zero-order valence-electron chi connectivity index (χ0n) is 28.0. The van der Waals surface area contributed by atoms with Crippen molar-refractivity contribution >= 4 is 35.1 Å². The van der Waals surface area contributed by atoms with Crippen LogP contribution < -0.4 is 19.6 Å². The molecule has 0 N–H and O–H groups in total. The van der Waals surface area contributed by atoms with Crippen molar-refractivity contribution in [3.05, 3.63) is 139 Å². The number of unbranched alkanes of at least 4 members (excludes halogenated alkanes) is 1. The second-order valence-corrected chi connectivity index (χ2v) is 13.5. The molecule has 5 aromatic rings. The topological polar surface area (TPSA) is 87.7 Å². The number of para-hydroxylation sites is 1. The highest BCUT2D eigenvalue weighted by Gasteiger charge is 2.33. The Morgan fingerprint density at radius 3 is 2.55 bits per heavy atom. The van der Waals surface area contributed by atoms with Crippen molar-refractivity contribution in [1.82, 2.24) is 14.3 Å². The molecule has 6 rings (SSSR count). The van der Waals surface area contributed by atoms with Crippen molar-refractivity contribution in [3.63, 3.8) is 0 Å². The first kappa shape index (κ1) is 34.0. The number of carbonyl (C=O) groups excluding carboxylic acids is 1. The molecule has 0 radical (unpaired) electrons. The first-order valence-corrected chi connectivity index (χ1v) is 18.2. The molecular weight excluding hydrogens is 653 g/mol. The molecule has 0 bridgehead atoms. The zero-order chi connectivity index (χ0) is 34.5. The number of aryl methyl sites for hydroxylation is 1. The van der Waals surface area contributed by atoms with E-state index in [1.54, 1.807) is 23.3 Å². The largest absolute Gasteiger partial charge is 0.493 e. The van der Waals surface area contributed by atoms with E-state index in [0.29, 0.717) is 27.2 Å². The fourth-order valence-electron chi connectivity index (χ4n) is 5.75. The van der Waals surface area contributed by atoms with Gasteiger partial charge in [-0.05, 0) is 86.2 Å². The maximum atomic E-state index is 14.4. The minimum atomic E-state index is -0.707. The van der Waals surface area contributed by atoms with Crippen molar-refractivity contribution in [2.75, 3.05) is 19.5 Å². The van der Waals surface area contributed by atoms with Crippen LogP contribution in [-0.4, -0.2) is 39.8 Å². The number of thiazole rings is 1. The monoisotopic (exact) mass is 690 g/mol. The molecule has 1 atom stereocenters. The van der Waals surface area contributed by atoms with Gasteiger partial charge in [0.15, 0.2) is 4.80 Å². The van der Waals surface area contributed by atoms with E-state index in [1.165, 1.54) is 17.4 Å². The van der Waals surface area contributed by atoms with E-state index in [1.807, 2.05) is 96.9 Å². The normalized spacial score (nSPS) is 14.4. The van der Waals surface area contributed by atoms with E-state index in [2.05, 4.69) is 19.6 Å². The molecule has 3 heterocycles. The van der Waals surface area contributed by atoms with Gasteiger partial charge in [0.2, 0.25) is 0 Å². The van der Waals surface area contributed by atoms with Crippen molar-refractivity contribution in [2.45, 2.75) is 44.6 Å². The van der Waals surface area contributed by atoms with Gasteiger partial charge in [-0.3, -0.25) is 9.36 Å². The van der Waals surface area contributed by atoms with Crippen molar-refractivity contribution in [3.8, 4) is 22.7 Å². The van der Waals surface area contributed by atoms with E-state index in [4.69, 9.17) is 19.6 Å². The highest BCUT2D eigenvalue weighted by Crippen LogP contribution is 2.32. The minimum Gasteiger partial charge on any atom is -0.493 e. The quantitative estimate of drug-likeness (QED) is 0.0605. The van der Waals surface area contributed by atoms with E-state index in [0.717, 1.165) is 57.1 Å². The summed E-state index contributed by atoms with van der Waals surface area (Å²) in [5, 5.41) is 5.00. The molecule has 49 heavy (non-hydrogen) atoms. The van der Waals surface area contributed by atoms with Crippen LogP contribution >= 0.6 is 23.1 Å². The van der Waals surface area contributed by atoms with E-state index >= 15 is 0 Å². The van der Waals surface area contributed by atoms with Crippen LogP contribution in [0.5, 0.6) is 5.75 Å². The summed E-state index contributed by atoms with van der Waals surface area (Å²) in [6, 6.07) is 23.1. The lowest BCUT2D eigenvalue weighted by Gasteiger charge is -2.24. The number of nitrogens with zero attached hydrogens (tertiary/aromatic N) is 4. The van der Waals surface area contributed by atoms with Gasteiger partial charge in [-0.15, -0.1) is 11.8 Å². The Hall–Kier alpha value is -4.93. The number of carbonyl (C=O) groups is 1. The lowest BCUT2D eigenvalue weighted by Crippen LogP contribution is -2.39. The molecule has 250 valence electrons. The van der Waals surface area contributed by atoms with Crippen LogP contribution in [0.3, 0.4) is 0 Å². The third-order valence-electron chi connectivity index (χ3n) is 8.26. The Kier molecular flexibility index (Phi) is 10.5. The van der Waals surface area contributed by atoms with Crippen LogP contribution in [-0.2, 0) is 9.53 Å². The average molecular weight is 691 g/mol. The third kappa shape index (κ3) is 7.11. The average Bonchev–Trinajstić information content (AvgIpc) is 3.68. The van der Waals surface area contributed by atoms with Gasteiger partial charge >= 0.3 is 5.97 Å². The summed E-state index contributed by atoms with van der Waals surface area (Å²) in [5.41, 5.74) is 5.69. The van der Waals surface area contributed by atoms with Gasteiger partial charge in [-0.1, -0.05) is 67.7 Å². The number of ether oxygens (including phenoxy) is 2. The minimum absolute atomic E-state index is 0.0532. The lowest BCUT2D eigenvalue weighted by atomic mass is 9.96. The molecule has 10 heteroatoms. The summed E-state index contributed by atoms with van der Waals surface area (Å²) in [6.07, 6.45) is 9.39. The van der Waals surface area contributed by atoms with Gasteiger partial charge in [0.05, 0.1) is 34.1 Å². The van der Waals surface area contributed by atoms with Gasteiger partial charge in [0, 0.05) is 22.2 Å².